The number of nitrogens with zero attached hydrogens (tertiary/aromatic N) is 1. The Morgan fingerprint density at radius 1 is 1.03 bits per heavy atom. The first kappa shape index (κ1) is 25.3. The Labute approximate surface area is 201 Å². The lowest BCUT2D eigenvalue weighted by atomic mass is 9.97. The molecule has 2 N–H and O–H groups in total. The number of carboxylic acid groups (broad SMARTS) is 1. The number of fused-ring (bicyclic) bond motifs is 3. The van der Waals surface area contributed by atoms with Crippen molar-refractivity contribution in [2.45, 2.75) is 52.0 Å². The molecule has 0 heterocycles. The van der Waals surface area contributed by atoms with E-state index in [2.05, 4.69) is 29.6 Å². The minimum absolute atomic E-state index is 0.00240. The minimum atomic E-state index is -0.890. The second-order valence-electron chi connectivity index (χ2n) is 8.75. The van der Waals surface area contributed by atoms with E-state index in [4.69, 9.17) is 9.84 Å². The third-order valence-electron chi connectivity index (χ3n) is 6.61. The summed E-state index contributed by atoms with van der Waals surface area (Å²) in [4.78, 5) is 38.4. The molecule has 7 nitrogen and oxygen atoms in total. The smallest absolute Gasteiger partial charge is 0.407 e. The maximum absolute atomic E-state index is 13.2. The van der Waals surface area contributed by atoms with Crippen LogP contribution in [0.4, 0.5) is 4.79 Å². The number of nitrogens with one attached hydrogen (secondary N) is 1. The summed E-state index contributed by atoms with van der Waals surface area (Å²) in [5.74, 6) is -1.25. The van der Waals surface area contributed by atoms with Gasteiger partial charge in [0.2, 0.25) is 5.91 Å². The van der Waals surface area contributed by atoms with Crippen molar-refractivity contribution in [3.8, 4) is 11.1 Å². The molecule has 1 aliphatic carbocycles. The second-order valence-corrected chi connectivity index (χ2v) is 8.75. The van der Waals surface area contributed by atoms with Crippen molar-refractivity contribution < 1.29 is 24.2 Å². The number of carbonyl (C=O) groups excluding carboxylic acids is 2. The number of benzene rings is 2. The maximum atomic E-state index is 13.2. The van der Waals surface area contributed by atoms with Gasteiger partial charge in [-0.15, -0.1) is 0 Å². The van der Waals surface area contributed by atoms with Crippen LogP contribution in [0.3, 0.4) is 0 Å². The average molecular weight is 467 g/mol. The predicted molar refractivity (Wildman–Crippen MR) is 131 cm³/mol. The molecule has 1 aliphatic rings. The fraction of sp³-hybridized carbons (Fsp3) is 0.444. The van der Waals surface area contributed by atoms with Crippen molar-refractivity contribution in [2.24, 2.45) is 5.92 Å². The van der Waals surface area contributed by atoms with Crippen LogP contribution in [0.1, 0.15) is 57.1 Å². The van der Waals surface area contributed by atoms with Crippen LogP contribution in [-0.2, 0) is 14.3 Å². The van der Waals surface area contributed by atoms with Gasteiger partial charge < -0.3 is 20.1 Å². The number of alkyl carbamates (subject to hydrolysis) is 1. The summed E-state index contributed by atoms with van der Waals surface area (Å²) in [7, 11) is 0. The van der Waals surface area contributed by atoms with E-state index < -0.39 is 18.1 Å². The SMILES string of the molecule is CCC(C)C(NC(=O)OCC1c2ccccc2-c2ccccc21)C(=O)N(CC)CCCC(=O)O. The Morgan fingerprint density at radius 3 is 2.15 bits per heavy atom. The zero-order chi connectivity index (χ0) is 24.7. The number of carboxylic acids is 1. The molecule has 3 rings (SSSR count). The van der Waals surface area contributed by atoms with Crippen LogP contribution in [0.2, 0.25) is 0 Å². The summed E-state index contributed by atoms with van der Waals surface area (Å²) in [5.41, 5.74) is 4.56. The van der Waals surface area contributed by atoms with Crippen molar-refractivity contribution >= 4 is 18.0 Å². The summed E-state index contributed by atoms with van der Waals surface area (Å²) in [6.07, 6.45) is 0.444. The summed E-state index contributed by atoms with van der Waals surface area (Å²) in [6.45, 7) is 6.68. The zero-order valence-electron chi connectivity index (χ0n) is 20.1. The van der Waals surface area contributed by atoms with E-state index in [-0.39, 0.29) is 30.8 Å². The molecule has 0 radical (unpaired) electrons. The van der Waals surface area contributed by atoms with Crippen LogP contribution in [0.5, 0.6) is 0 Å². The number of carbonyl (C=O) groups is 3. The number of rotatable bonds is 11. The number of amides is 2. The quantitative estimate of drug-likeness (QED) is 0.502. The lowest BCUT2D eigenvalue weighted by Crippen LogP contribution is -2.52. The largest absolute Gasteiger partial charge is 0.481 e. The van der Waals surface area contributed by atoms with Gasteiger partial charge in [0, 0.05) is 25.4 Å². The predicted octanol–water partition coefficient (Wildman–Crippen LogP) is 4.65. The van der Waals surface area contributed by atoms with E-state index in [0.29, 0.717) is 25.9 Å². The van der Waals surface area contributed by atoms with Crippen LogP contribution in [0.25, 0.3) is 11.1 Å². The Bertz CT molecular complexity index is 976. The summed E-state index contributed by atoms with van der Waals surface area (Å²) in [5, 5.41) is 11.7. The van der Waals surface area contributed by atoms with Gasteiger partial charge in [0.15, 0.2) is 0 Å². The maximum Gasteiger partial charge on any atom is 0.407 e. The Morgan fingerprint density at radius 2 is 1.62 bits per heavy atom. The molecule has 0 bridgehead atoms. The molecule has 0 saturated carbocycles. The molecule has 2 aromatic carbocycles. The number of hydrogen-bond acceptors (Lipinski definition) is 4. The molecule has 0 spiro atoms. The zero-order valence-corrected chi connectivity index (χ0v) is 20.1. The van der Waals surface area contributed by atoms with E-state index in [0.717, 1.165) is 22.3 Å². The molecule has 0 saturated heterocycles. The van der Waals surface area contributed by atoms with Gasteiger partial charge in [-0.2, -0.15) is 0 Å². The van der Waals surface area contributed by atoms with Gasteiger partial charge in [0.1, 0.15) is 12.6 Å². The topological polar surface area (TPSA) is 95.9 Å². The first-order valence-corrected chi connectivity index (χ1v) is 12.0. The monoisotopic (exact) mass is 466 g/mol. The van der Waals surface area contributed by atoms with Gasteiger partial charge >= 0.3 is 12.1 Å². The lowest BCUT2D eigenvalue weighted by Gasteiger charge is -2.30. The lowest BCUT2D eigenvalue weighted by molar-refractivity contribution is -0.138. The van der Waals surface area contributed by atoms with Gasteiger partial charge in [-0.25, -0.2) is 4.79 Å². The van der Waals surface area contributed by atoms with E-state index in [1.165, 1.54) is 0 Å². The highest BCUT2D eigenvalue weighted by molar-refractivity contribution is 5.86. The molecular formula is C27H34N2O5. The van der Waals surface area contributed by atoms with E-state index in [1.807, 2.05) is 45.0 Å². The molecule has 2 unspecified atom stereocenters. The second kappa shape index (κ2) is 11.7. The number of ether oxygens (including phenoxy) is 1. The molecule has 0 fully saturated rings. The highest BCUT2D eigenvalue weighted by Crippen LogP contribution is 2.44. The molecule has 0 aromatic heterocycles. The van der Waals surface area contributed by atoms with Crippen LogP contribution in [0.15, 0.2) is 48.5 Å². The Kier molecular flexibility index (Phi) is 8.68. The molecular weight excluding hydrogens is 432 g/mol. The first-order chi connectivity index (χ1) is 16.4. The summed E-state index contributed by atoms with van der Waals surface area (Å²) < 4.78 is 5.64. The molecule has 34 heavy (non-hydrogen) atoms. The minimum Gasteiger partial charge on any atom is -0.481 e. The summed E-state index contributed by atoms with van der Waals surface area (Å²) >= 11 is 0. The van der Waals surface area contributed by atoms with Crippen molar-refractivity contribution in [1.82, 2.24) is 10.2 Å². The van der Waals surface area contributed by atoms with E-state index >= 15 is 0 Å². The van der Waals surface area contributed by atoms with Crippen LogP contribution >= 0.6 is 0 Å². The third kappa shape index (κ3) is 5.76. The highest BCUT2D eigenvalue weighted by Gasteiger charge is 2.32. The van der Waals surface area contributed by atoms with E-state index in [9.17, 15) is 14.4 Å². The first-order valence-electron chi connectivity index (χ1n) is 12.0. The van der Waals surface area contributed by atoms with Crippen molar-refractivity contribution in [1.29, 1.82) is 0 Å². The summed E-state index contributed by atoms with van der Waals surface area (Å²) in [6, 6.07) is 15.5. The normalized spacial score (nSPS) is 14.0. The van der Waals surface area contributed by atoms with E-state index in [1.54, 1.807) is 4.90 Å². The standard InChI is InChI=1S/C27H34N2O5/c1-4-18(3)25(26(32)29(5-2)16-10-15-24(30)31)28-27(33)34-17-23-21-13-8-6-11-19(21)20-12-7-9-14-22(20)23/h6-9,11-14,18,23,25H,4-5,10,15-17H2,1-3H3,(H,28,33)(H,30,31). The average Bonchev–Trinajstić information content (AvgIpc) is 3.16. The number of aliphatic carboxylic acids is 1. The fourth-order valence-electron chi connectivity index (χ4n) is 4.49. The van der Waals surface area contributed by atoms with Crippen LogP contribution in [-0.4, -0.2) is 53.7 Å². The Hall–Kier alpha value is -3.35. The van der Waals surface area contributed by atoms with Crippen LogP contribution < -0.4 is 5.32 Å². The molecule has 0 aliphatic heterocycles. The molecule has 2 atom stereocenters. The van der Waals surface area contributed by atoms with Gasteiger partial charge in [0.05, 0.1) is 0 Å². The highest BCUT2D eigenvalue weighted by atomic mass is 16.5. The molecule has 7 heteroatoms. The van der Waals surface area contributed by atoms with Crippen molar-refractivity contribution in [3.05, 3.63) is 59.7 Å². The number of likely N-dealkylation sites (N-methyl/N-ethyl adjacent to an activating group) is 1. The molecule has 182 valence electrons. The van der Waals surface area contributed by atoms with Crippen LogP contribution in [0, 0.1) is 5.92 Å². The van der Waals surface area contributed by atoms with Gasteiger partial charge in [0.25, 0.3) is 0 Å². The molecule has 2 amide bonds. The molecule has 2 aromatic rings. The fourth-order valence-corrected chi connectivity index (χ4v) is 4.49. The number of hydrogen-bond donors (Lipinski definition) is 2. The van der Waals surface area contributed by atoms with Gasteiger partial charge in [-0.1, -0.05) is 68.8 Å². The van der Waals surface area contributed by atoms with Gasteiger partial charge in [-0.3, -0.25) is 9.59 Å². The van der Waals surface area contributed by atoms with Crippen molar-refractivity contribution in [2.75, 3.05) is 19.7 Å². The van der Waals surface area contributed by atoms with Gasteiger partial charge in [-0.05, 0) is 41.5 Å². The van der Waals surface area contributed by atoms with Crippen molar-refractivity contribution in [3.63, 3.8) is 0 Å². The third-order valence-corrected chi connectivity index (χ3v) is 6.61. The Balaban J connectivity index is 1.66.